The van der Waals surface area contributed by atoms with Gasteiger partial charge in [0.05, 0.1) is 5.52 Å². The summed E-state index contributed by atoms with van der Waals surface area (Å²) < 4.78 is 11.3. The second kappa shape index (κ2) is 5.82. The predicted molar refractivity (Wildman–Crippen MR) is 78.2 cm³/mol. The number of nitrogens with two attached hydrogens (primary N) is 1. The average Bonchev–Trinajstić information content (AvgIpc) is 2.38. The topological polar surface area (TPSA) is 68.0 Å². The third-order valence-corrected chi connectivity index (χ3v) is 3.97. The summed E-state index contributed by atoms with van der Waals surface area (Å²) in [5, 5.41) is 4.21. The largest absolute Gasteiger partial charge is 0.399 e. The first-order valence-corrected chi connectivity index (χ1v) is 7.43. The van der Waals surface area contributed by atoms with Crippen LogP contribution in [0.25, 0.3) is 10.9 Å². The van der Waals surface area contributed by atoms with Crippen molar-refractivity contribution in [2.75, 3.05) is 29.1 Å². The summed E-state index contributed by atoms with van der Waals surface area (Å²) in [7, 11) is -0.738. The van der Waals surface area contributed by atoms with Crippen LogP contribution in [0.4, 0.5) is 11.5 Å². The molecule has 3 N–H and O–H groups in total. The highest BCUT2D eigenvalue weighted by Crippen LogP contribution is 2.17. The highest BCUT2D eigenvalue weighted by molar-refractivity contribution is 7.84. The van der Waals surface area contributed by atoms with Crippen LogP contribution in [0.1, 0.15) is 6.92 Å². The Bertz CT molecular complexity index is 571. The molecule has 0 aliphatic heterocycles. The standard InChI is InChI=1S/C13H17N3OS/c1-2-18(17)8-7-15-13-6-3-10-9-11(14)4-5-12(10)16-13/h3-6,9H,2,7-8,14H2,1H3,(H,15,16). The van der Waals surface area contributed by atoms with E-state index in [2.05, 4.69) is 10.3 Å². The van der Waals surface area contributed by atoms with Crippen LogP contribution in [0.5, 0.6) is 0 Å². The zero-order valence-corrected chi connectivity index (χ0v) is 11.2. The smallest absolute Gasteiger partial charge is 0.126 e. The first kappa shape index (κ1) is 12.8. The second-order valence-electron chi connectivity index (χ2n) is 4.01. The maximum absolute atomic E-state index is 11.3. The lowest BCUT2D eigenvalue weighted by molar-refractivity contribution is 0.684. The Morgan fingerprint density at radius 1 is 1.33 bits per heavy atom. The van der Waals surface area contributed by atoms with Gasteiger partial charge in [-0.2, -0.15) is 0 Å². The van der Waals surface area contributed by atoms with E-state index in [1.165, 1.54) is 0 Å². The van der Waals surface area contributed by atoms with E-state index < -0.39 is 10.8 Å². The summed E-state index contributed by atoms with van der Waals surface area (Å²) in [5.41, 5.74) is 7.36. The Kier molecular flexibility index (Phi) is 4.15. The molecular formula is C13H17N3OS. The van der Waals surface area contributed by atoms with Gasteiger partial charge in [-0.1, -0.05) is 6.92 Å². The molecule has 2 rings (SSSR count). The molecule has 0 saturated heterocycles. The SMILES string of the molecule is CCS(=O)CCNc1ccc2cc(N)ccc2n1. The molecule has 18 heavy (non-hydrogen) atoms. The van der Waals surface area contributed by atoms with E-state index in [0.717, 1.165) is 22.4 Å². The highest BCUT2D eigenvalue weighted by Gasteiger charge is 2.00. The average molecular weight is 263 g/mol. The first-order chi connectivity index (χ1) is 8.69. The monoisotopic (exact) mass is 263 g/mol. The Balaban J connectivity index is 2.06. The van der Waals surface area contributed by atoms with Crippen LogP contribution in [0.15, 0.2) is 30.3 Å². The molecule has 1 aromatic carbocycles. The Hall–Kier alpha value is -1.62. The minimum absolute atomic E-state index is 0.651. The molecule has 0 aliphatic carbocycles. The van der Waals surface area contributed by atoms with E-state index in [4.69, 9.17) is 5.73 Å². The molecule has 5 heteroatoms. The van der Waals surface area contributed by atoms with Crippen LogP contribution in [0, 0.1) is 0 Å². The number of hydrogen-bond acceptors (Lipinski definition) is 4. The van der Waals surface area contributed by atoms with E-state index >= 15 is 0 Å². The maximum Gasteiger partial charge on any atom is 0.126 e. The molecule has 0 saturated carbocycles. The van der Waals surface area contributed by atoms with E-state index in [9.17, 15) is 4.21 Å². The number of nitrogens with one attached hydrogen (secondary N) is 1. The molecule has 0 aliphatic rings. The predicted octanol–water partition coefficient (Wildman–Crippen LogP) is 2.00. The van der Waals surface area contributed by atoms with Gasteiger partial charge in [-0.25, -0.2) is 4.98 Å². The van der Waals surface area contributed by atoms with Gasteiger partial charge in [0.2, 0.25) is 0 Å². The number of anilines is 2. The lowest BCUT2D eigenvalue weighted by Crippen LogP contribution is -2.12. The van der Waals surface area contributed by atoms with Crippen molar-refractivity contribution in [2.45, 2.75) is 6.92 Å². The molecule has 0 radical (unpaired) electrons. The molecule has 0 spiro atoms. The summed E-state index contributed by atoms with van der Waals surface area (Å²) in [5.74, 6) is 2.16. The minimum atomic E-state index is -0.738. The van der Waals surface area contributed by atoms with Gasteiger partial charge >= 0.3 is 0 Å². The van der Waals surface area contributed by atoms with Gasteiger partial charge in [-0.3, -0.25) is 4.21 Å². The first-order valence-electron chi connectivity index (χ1n) is 5.94. The van der Waals surface area contributed by atoms with Crippen LogP contribution >= 0.6 is 0 Å². The van der Waals surface area contributed by atoms with Crippen molar-refractivity contribution >= 4 is 33.2 Å². The molecule has 0 amide bonds. The van der Waals surface area contributed by atoms with Crippen molar-refractivity contribution in [3.8, 4) is 0 Å². The molecular weight excluding hydrogens is 246 g/mol. The number of nitrogen functional groups attached to an aromatic ring is 1. The van der Waals surface area contributed by atoms with Crippen molar-refractivity contribution in [2.24, 2.45) is 0 Å². The normalized spacial score (nSPS) is 12.5. The number of pyridine rings is 1. The van der Waals surface area contributed by atoms with Gasteiger partial charge in [0.1, 0.15) is 5.82 Å². The summed E-state index contributed by atoms with van der Waals surface area (Å²) in [6, 6.07) is 9.54. The molecule has 1 aromatic heterocycles. The lowest BCUT2D eigenvalue weighted by atomic mass is 10.2. The van der Waals surface area contributed by atoms with E-state index in [1.807, 2.05) is 37.3 Å². The molecule has 1 unspecified atom stereocenters. The number of nitrogens with zero attached hydrogens (tertiary/aromatic N) is 1. The lowest BCUT2D eigenvalue weighted by Gasteiger charge is -2.06. The van der Waals surface area contributed by atoms with Crippen LogP contribution in [0.2, 0.25) is 0 Å². The van der Waals surface area contributed by atoms with Crippen molar-refractivity contribution in [3.63, 3.8) is 0 Å². The molecule has 96 valence electrons. The summed E-state index contributed by atoms with van der Waals surface area (Å²) in [4.78, 5) is 4.47. The van der Waals surface area contributed by atoms with Crippen LogP contribution in [0.3, 0.4) is 0 Å². The van der Waals surface area contributed by atoms with Gasteiger partial charge < -0.3 is 11.1 Å². The highest BCUT2D eigenvalue weighted by atomic mass is 32.2. The zero-order chi connectivity index (χ0) is 13.0. The zero-order valence-electron chi connectivity index (χ0n) is 10.3. The van der Waals surface area contributed by atoms with E-state index in [0.29, 0.717) is 18.1 Å². The van der Waals surface area contributed by atoms with Crippen molar-refractivity contribution < 1.29 is 4.21 Å². The summed E-state index contributed by atoms with van der Waals surface area (Å²) >= 11 is 0. The number of aromatic nitrogens is 1. The van der Waals surface area contributed by atoms with Gasteiger partial charge in [0, 0.05) is 39.9 Å². The quantitative estimate of drug-likeness (QED) is 0.810. The van der Waals surface area contributed by atoms with Gasteiger partial charge in [0.15, 0.2) is 0 Å². The van der Waals surface area contributed by atoms with Gasteiger partial charge in [-0.05, 0) is 30.3 Å². The fraction of sp³-hybridized carbons (Fsp3) is 0.308. The number of hydrogen-bond donors (Lipinski definition) is 2. The molecule has 1 heterocycles. The molecule has 0 fully saturated rings. The van der Waals surface area contributed by atoms with Crippen molar-refractivity contribution in [1.29, 1.82) is 0 Å². The Labute approximate surface area is 109 Å². The molecule has 2 aromatic rings. The van der Waals surface area contributed by atoms with Crippen LogP contribution in [-0.2, 0) is 10.8 Å². The van der Waals surface area contributed by atoms with E-state index in [1.54, 1.807) is 0 Å². The van der Waals surface area contributed by atoms with E-state index in [-0.39, 0.29) is 0 Å². The van der Waals surface area contributed by atoms with Gasteiger partial charge in [-0.15, -0.1) is 0 Å². The minimum Gasteiger partial charge on any atom is -0.399 e. The third-order valence-electron chi connectivity index (χ3n) is 2.67. The van der Waals surface area contributed by atoms with Crippen LogP contribution in [-0.4, -0.2) is 27.2 Å². The second-order valence-corrected chi connectivity index (χ2v) is 5.87. The molecule has 0 bridgehead atoms. The molecule has 1 atom stereocenters. The Morgan fingerprint density at radius 2 is 2.17 bits per heavy atom. The fourth-order valence-electron chi connectivity index (χ4n) is 1.68. The summed E-state index contributed by atoms with van der Waals surface area (Å²) in [6.07, 6.45) is 0. The number of fused-ring (bicyclic) bond motifs is 1. The van der Waals surface area contributed by atoms with Crippen molar-refractivity contribution in [3.05, 3.63) is 30.3 Å². The van der Waals surface area contributed by atoms with Crippen LogP contribution < -0.4 is 11.1 Å². The number of benzene rings is 1. The maximum atomic E-state index is 11.3. The van der Waals surface area contributed by atoms with Gasteiger partial charge in [0.25, 0.3) is 0 Å². The fourth-order valence-corrected chi connectivity index (χ4v) is 2.30. The summed E-state index contributed by atoms with van der Waals surface area (Å²) in [6.45, 7) is 2.60. The third kappa shape index (κ3) is 3.20. The Morgan fingerprint density at radius 3 is 2.94 bits per heavy atom. The van der Waals surface area contributed by atoms with Crippen molar-refractivity contribution in [1.82, 2.24) is 4.98 Å². The molecule has 4 nitrogen and oxygen atoms in total. The number of rotatable bonds is 5.